The molecule has 5 nitrogen and oxygen atoms in total. The third kappa shape index (κ3) is 5.03. The number of rotatable bonds is 7. The number of amides is 1. The quantitative estimate of drug-likeness (QED) is 0.385. The smallest absolute Gasteiger partial charge is 0.233 e. The fraction of sp³-hybridized carbons (Fsp3) is 0.160. The van der Waals surface area contributed by atoms with Crippen LogP contribution in [0.15, 0.2) is 84.1 Å². The Morgan fingerprint density at radius 2 is 1.90 bits per heavy atom. The summed E-state index contributed by atoms with van der Waals surface area (Å²) in [5.74, 6) is 1.13. The van der Waals surface area contributed by atoms with Gasteiger partial charge in [0.1, 0.15) is 5.75 Å². The average molecular weight is 430 g/mol. The molecule has 31 heavy (non-hydrogen) atoms. The number of fused-ring (bicyclic) bond motifs is 1. The monoisotopic (exact) mass is 429 g/mol. The Labute approximate surface area is 186 Å². The van der Waals surface area contributed by atoms with Crippen molar-refractivity contribution in [1.29, 1.82) is 0 Å². The van der Waals surface area contributed by atoms with Crippen LogP contribution in [0.3, 0.4) is 0 Å². The van der Waals surface area contributed by atoms with Crippen LogP contribution in [0.25, 0.3) is 22.0 Å². The summed E-state index contributed by atoms with van der Waals surface area (Å²) in [7, 11) is 3.47. The van der Waals surface area contributed by atoms with Gasteiger partial charge in [0, 0.05) is 43.0 Å². The molecule has 0 aliphatic rings. The maximum Gasteiger partial charge on any atom is 0.233 e. The first-order chi connectivity index (χ1) is 15.1. The Morgan fingerprint density at radius 3 is 2.65 bits per heavy atom. The molecular weight excluding hydrogens is 406 g/mol. The maximum atomic E-state index is 12.7. The number of carbonyl (C=O) groups excluding carboxylic acids is 1. The average Bonchev–Trinajstić information content (AvgIpc) is 2.82. The molecule has 0 fully saturated rings. The van der Waals surface area contributed by atoms with Crippen LogP contribution in [0, 0.1) is 0 Å². The maximum absolute atomic E-state index is 12.7. The fourth-order valence-electron chi connectivity index (χ4n) is 3.34. The number of benzene rings is 2. The molecular formula is C25H23N3O2S. The molecule has 0 spiro atoms. The van der Waals surface area contributed by atoms with Crippen LogP contribution in [-0.4, -0.2) is 40.7 Å². The summed E-state index contributed by atoms with van der Waals surface area (Å²) < 4.78 is 5.37. The lowest BCUT2D eigenvalue weighted by Crippen LogP contribution is -2.27. The van der Waals surface area contributed by atoms with Gasteiger partial charge in [-0.2, -0.15) is 0 Å². The molecule has 2 aromatic carbocycles. The van der Waals surface area contributed by atoms with Gasteiger partial charge in [-0.05, 0) is 35.4 Å². The summed E-state index contributed by atoms with van der Waals surface area (Å²) in [5.41, 5.74) is 3.98. The van der Waals surface area contributed by atoms with E-state index in [1.807, 2.05) is 80.0 Å². The van der Waals surface area contributed by atoms with Crippen molar-refractivity contribution in [2.24, 2.45) is 0 Å². The first kappa shape index (κ1) is 20.9. The number of nitrogens with zero attached hydrogens (tertiary/aromatic N) is 3. The predicted molar refractivity (Wildman–Crippen MR) is 125 cm³/mol. The summed E-state index contributed by atoms with van der Waals surface area (Å²) in [6, 6.07) is 21.8. The van der Waals surface area contributed by atoms with E-state index in [4.69, 9.17) is 9.72 Å². The molecule has 4 aromatic rings. The van der Waals surface area contributed by atoms with Crippen LogP contribution in [0.4, 0.5) is 0 Å². The van der Waals surface area contributed by atoms with E-state index in [2.05, 4.69) is 4.98 Å². The Morgan fingerprint density at radius 1 is 1.06 bits per heavy atom. The summed E-state index contributed by atoms with van der Waals surface area (Å²) >= 11 is 1.44. The first-order valence-corrected chi connectivity index (χ1v) is 10.9. The summed E-state index contributed by atoms with van der Waals surface area (Å²) in [5, 5.41) is 1.81. The van der Waals surface area contributed by atoms with Gasteiger partial charge in [-0.1, -0.05) is 48.2 Å². The second-order valence-corrected chi connectivity index (χ2v) is 8.15. The molecule has 0 saturated carbocycles. The molecule has 0 N–H and O–H groups in total. The van der Waals surface area contributed by atoms with Crippen molar-refractivity contribution in [2.75, 3.05) is 19.9 Å². The van der Waals surface area contributed by atoms with Gasteiger partial charge in [-0.15, -0.1) is 0 Å². The minimum atomic E-state index is 0.0596. The third-order valence-corrected chi connectivity index (χ3v) is 5.89. The summed E-state index contributed by atoms with van der Waals surface area (Å²) in [6.07, 6.45) is 3.60. The van der Waals surface area contributed by atoms with E-state index in [-0.39, 0.29) is 5.91 Å². The van der Waals surface area contributed by atoms with Crippen molar-refractivity contribution in [3.8, 4) is 16.9 Å². The molecule has 0 radical (unpaired) electrons. The highest BCUT2D eigenvalue weighted by Crippen LogP contribution is 2.33. The normalized spacial score (nSPS) is 10.8. The zero-order chi connectivity index (χ0) is 21.6. The highest BCUT2D eigenvalue weighted by atomic mass is 32.2. The summed E-state index contributed by atoms with van der Waals surface area (Å²) in [6.45, 7) is 0.587. The van der Waals surface area contributed by atoms with Crippen molar-refractivity contribution in [3.05, 3.63) is 84.7 Å². The van der Waals surface area contributed by atoms with E-state index in [1.54, 1.807) is 18.2 Å². The Hall–Kier alpha value is -3.38. The minimum absolute atomic E-state index is 0.0596. The number of thioether (sulfide) groups is 1. The number of carbonyl (C=O) groups is 1. The molecule has 0 aliphatic heterocycles. The fourth-order valence-corrected chi connectivity index (χ4v) is 4.19. The molecule has 0 saturated heterocycles. The standard InChI is InChI=1S/C25H23N3O2S/c1-28(16-18-7-4-3-5-8-18)25(29)17-31-24-14-22(19-9-6-12-26-15-19)21-11-10-20(30-2)13-23(21)27-24/h3-15H,16-17H2,1-2H3. The van der Waals surface area contributed by atoms with Gasteiger partial charge in [0.05, 0.1) is 23.4 Å². The van der Waals surface area contributed by atoms with Gasteiger partial charge in [0.2, 0.25) is 5.91 Å². The Kier molecular flexibility index (Phi) is 6.48. The van der Waals surface area contributed by atoms with Crippen molar-refractivity contribution in [3.63, 3.8) is 0 Å². The van der Waals surface area contributed by atoms with Crippen LogP contribution in [0.2, 0.25) is 0 Å². The number of hydrogen-bond donors (Lipinski definition) is 0. The number of pyridine rings is 2. The van der Waals surface area contributed by atoms with Gasteiger partial charge < -0.3 is 9.64 Å². The molecule has 1 amide bonds. The first-order valence-electron chi connectivity index (χ1n) is 9.94. The molecule has 4 rings (SSSR count). The predicted octanol–water partition coefficient (Wildman–Crippen LogP) is 5.06. The molecule has 0 unspecified atom stereocenters. The van der Waals surface area contributed by atoms with Gasteiger partial charge in [0.15, 0.2) is 0 Å². The zero-order valence-corrected chi connectivity index (χ0v) is 18.3. The largest absolute Gasteiger partial charge is 0.497 e. The number of hydrogen-bond acceptors (Lipinski definition) is 5. The summed E-state index contributed by atoms with van der Waals surface area (Å²) in [4.78, 5) is 23.5. The second-order valence-electron chi connectivity index (χ2n) is 7.16. The van der Waals surface area contributed by atoms with Crippen molar-refractivity contribution in [2.45, 2.75) is 11.6 Å². The van der Waals surface area contributed by atoms with E-state index < -0.39 is 0 Å². The van der Waals surface area contributed by atoms with Crippen LogP contribution in [-0.2, 0) is 11.3 Å². The molecule has 6 heteroatoms. The SMILES string of the molecule is COc1ccc2c(-c3cccnc3)cc(SCC(=O)N(C)Cc3ccccc3)nc2c1. The topological polar surface area (TPSA) is 55.3 Å². The molecule has 0 bridgehead atoms. The van der Waals surface area contributed by atoms with Crippen LogP contribution in [0.1, 0.15) is 5.56 Å². The highest BCUT2D eigenvalue weighted by Gasteiger charge is 2.13. The molecule has 0 atom stereocenters. The van der Waals surface area contributed by atoms with Gasteiger partial charge in [-0.3, -0.25) is 9.78 Å². The number of aromatic nitrogens is 2. The number of methoxy groups -OCH3 is 1. The van der Waals surface area contributed by atoms with Crippen molar-refractivity contribution >= 4 is 28.6 Å². The highest BCUT2D eigenvalue weighted by molar-refractivity contribution is 7.99. The van der Waals surface area contributed by atoms with Crippen LogP contribution in [0.5, 0.6) is 5.75 Å². The van der Waals surface area contributed by atoms with Gasteiger partial charge in [0.25, 0.3) is 0 Å². The lowest BCUT2D eigenvalue weighted by atomic mass is 10.0. The number of ether oxygens (including phenoxy) is 1. The van der Waals surface area contributed by atoms with E-state index in [0.29, 0.717) is 12.3 Å². The Bertz CT molecular complexity index is 1180. The van der Waals surface area contributed by atoms with Gasteiger partial charge in [-0.25, -0.2) is 4.98 Å². The molecule has 2 aromatic heterocycles. The van der Waals surface area contributed by atoms with Gasteiger partial charge >= 0.3 is 0 Å². The van der Waals surface area contributed by atoms with Crippen molar-refractivity contribution < 1.29 is 9.53 Å². The van der Waals surface area contributed by atoms with Crippen LogP contribution >= 0.6 is 11.8 Å². The molecule has 156 valence electrons. The second kappa shape index (κ2) is 9.62. The third-order valence-electron chi connectivity index (χ3n) is 5.00. The van der Waals surface area contributed by atoms with E-state index >= 15 is 0 Å². The zero-order valence-electron chi connectivity index (χ0n) is 17.5. The Balaban J connectivity index is 1.57. The van der Waals surface area contributed by atoms with Crippen molar-refractivity contribution in [1.82, 2.24) is 14.9 Å². The van der Waals surface area contributed by atoms with Crippen LogP contribution < -0.4 is 4.74 Å². The van der Waals surface area contributed by atoms with E-state index in [0.717, 1.165) is 38.4 Å². The lowest BCUT2D eigenvalue weighted by molar-refractivity contribution is -0.127. The van der Waals surface area contributed by atoms with E-state index in [9.17, 15) is 4.79 Å². The minimum Gasteiger partial charge on any atom is -0.497 e. The van der Waals surface area contributed by atoms with E-state index in [1.165, 1.54) is 11.8 Å². The lowest BCUT2D eigenvalue weighted by Gasteiger charge is -2.17. The molecule has 2 heterocycles. The molecule has 0 aliphatic carbocycles.